The Kier molecular flexibility index (Phi) is 3.43. The summed E-state index contributed by atoms with van der Waals surface area (Å²) < 4.78 is 1.88. The largest absolute Gasteiger partial charge is 0.317 e. The first kappa shape index (κ1) is 9.99. The third-order valence-corrected chi connectivity index (χ3v) is 3.19. The van der Waals surface area contributed by atoms with E-state index < -0.39 is 0 Å². The SMILES string of the molecule is Clc1ccnn1CCC1CCNCC1. The molecule has 1 aliphatic heterocycles. The Morgan fingerprint density at radius 1 is 1.50 bits per heavy atom. The second-order valence-electron chi connectivity index (χ2n) is 3.86. The average molecular weight is 214 g/mol. The van der Waals surface area contributed by atoms with Crippen LogP contribution in [-0.4, -0.2) is 22.9 Å². The van der Waals surface area contributed by atoms with Crippen LogP contribution in [0, 0.1) is 5.92 Å². The predicted octanol–water partition coefficient (Wildman–Crippen LogP) is 1.93. The van der Waals surface area contributed by atoms with Crippen molar-refractivity contribution in [3.8, 4) is 0 Å². The van der Waals surface area contributed by atoms with E-state index in [9.17, 15) is 0 Å². The van der Waals surface area contributed by atoms with Gasteiger partial charge in [0.15, 0.2) is 0 Å². The summed E-state index contributed by atoms with van der Waals surface area (Å²) in [6, 6.07) is 1.84. The second kappa shape index (κ2) is 4.80. The number of piperidine rings is 1. The van der Waals surface area contributed by atoms with Gasteiger partial charge >= 0.3 is 0 Å². The van der Waals surface area contributed by atoms with Gasteiger partial charge in [0, 0.05) is 6.54 Å². The summed E-state index contributed by atoms with van der Waals surface area (Å²) in [6.45, 7) is 3.28. The number of nitrogens with zero attached hydrogens (tertiary/aromatic N) is 2. The number of aryl methyl sites for hydroxylation is 1. The van der Waals surface area contributed by atoms with E-state index in [1.54, 1.807) is 6.20 Å². The monoisotopic (exact) mass is 213 g/mol. The van der Waals surface area contributed by atoms with Gasteiger partial charge in [0.1, 0.15) is 5.15 Å². The Morgan fingerprint density at radius 2 is 2.29 bits per heavy atom. The molecule has 4 heteroatoms. The average Bonchev–Trinajstić information content (AvgIpc) is 2.63. The highest BCUT2D eigenvalue weighted by Crippen LogP contribution is 2.17. The lowest BCUT2D eigenvalue weighted by Crippen LogP contribution is -2.28. The first-order valence-electron chi connectivity index (χ1n) is 5.24. The molecule has 78 valence electrons. The van der Waals surface area contributed by atoms with Crippen LogP contribution in [0.5, 0.6) is 0 Å². The van der Waals surface area contributed by atoms with Crippen molar-refractivity contribution in [2.24, 2.45) is 5.92 Å². The lowest BCUT2D eigenvalue weighted by molar-refractivity contribution is 0.332. The van der Waals surface area contributed by atoms with E-state index in [4.69, 9.17) is 11.6 Å². The number of aromatic nitrogens is 2. The molecule has 1 aromatic heterocycles. The van der Waals surface area contributed by atoms with Crippen LogP contribution < -0.4 is 5.32 Å². The fraction of sp³-hybridized carbons (Fsp3) is 0.700. The molecule has 0 saturated carbocycles. The standard InChI is InChI=1S/C10H16ClN3/c11-10-3-7-13-14(10)8-4-9-1-5-12-6-2-9/h3,7,9,12H,1-2,4-6,8H2. The minimum atomic E-state index is 0.749. The lowest BCUT2D eigenvalue weighted by atomic mass is 9.95. The molecule has 0 aromatic carbocycles. The van der Waals surface area contributed by atoms with E-state index >= 15 is 0 Å². The van der Waals surface area contributed by atoms with Gasteiger partial charge in [-0.2, -0.15) is 5.10 Å². The maximum atomic E-state index is 5.95. The highest BCUT2D eigenvalue weighted by Gasteiger charge is 2.13. The van der Waals surface area contributed by atoms with Crippen molar-refractivity contribution >= 4 is 11.6 Å². The van der Waals surface area contributed by atoms with Crippen LogP contribution in [0.2, 0.25) is 5.15 Å². The molecule has 1 aliphatic rings. The van der Waals surface area contributed by atoms with Gasteiger partial charge in [0.05, 0.1) is 6.20 Å². The van der Waals surface area contributed by atoms with Crippen LogP contribution in [0.3, 0.4) is 0 Å². The molecular weight excluding hydrogens is 198 g/mol. The molecule has 0 bridgehead atoms. The molecule has 1 aromatic rings. The van der Waals surface area contributed by atoms with Gasteiger partial charge in [-0.3, -0.25) is 4.68 Å². The number of halogens is 1. The number of nitrogens with one attached hydrogen (secondary N) is 1. The number of rotatable bonds is 3. The zero-order valence-electron chi connectivity index (χ0n) is 8.25. The topological polar surface area (TPSA) is 29.9 Å². The molecule has 0 unspecified atom stereocenters. The van der Waals surface area contributed by atoms with Crippen LogP contribution in [-0.2, 0) is 6.54 Å². The van der Waals surface area contributed by atoms with Crippen molar-refractivity contribution < 1.29 is 0 Å². The summed E-state index contributed by atoms with van der Waals surface area (Å²) in [4.78, 5) is 0. The van der Waals surface area contributed by atoms with Gasteiger partial charge in [-0.1, -0.05) is 11.6 Å². The normalized spacial score (nSPS) is 18.6. The van der Waals surface area contributed by atoms with Gasteiger partial charge in [0.25, 0.3) is 0 Å². The Morgan fingerprint density at radius 3 is 2.93 bits per heavy atom. The molecule has 0 atom stereocenters. The fourth-order valence-corrected chi connectivity index (χ4v) is 2.14. The number of hydrogen-bond donors (Lipinski definition) is 1. The van der Waals surface area contributed by atoms with Crippen molar-refractivity contribution in [1.29, 1.82) is 0 Å². The van der Waals surface area contributed by atoms with Crippen LogP contribution in [0.1, 0.15) is 19.3 Å². The molecule has 14 heavy (non-hydrogen) atoms. The highest BCUT2D eigenvalue weighted by molar-refractivity contribution is 6.29. The highest BCUT2D eigenvalue weighted by atomic mass is 35.5. The second-order valence-corrected chi connectivity index (χ2v) is 4.25. The third-order valence-electron chi connectivity index (χ3n) is 2.87. The minimum Gasteiger partial charge on any atom is -0.317 e. The zero-order chi connectivity index (χ0) is 9.80. The maximum Gasteiger partial charge on any atom is 0.127 e. The summed E-state index contributed by atoms with van der Waals surface area (Å²) in [5, 5.41) is 8.29. The summed E-state index contributed by atoms with van der Waals surface area (Å²) in [7, 11) is 0. The van der Waals surface area contributed by atoms with Crippen LogP contribution >= 0.6 is 11.6 Å². The summed E-state index contributed by atoms with van der Waals surface area (Å²) >= 11 is 5.95. The van der Waals surface area contributed by atoms with Gasteiger partial charge in [0.2, 0.25) is 0 Å². The molecule has 0 amide bonds. The van der Waals surface area contributed by atoms with Gasteiger partial charge in [-0.15, -0.1) is 0 Å². The Labute approximate surface area is 89.4 Å². The molecule has 2 rings (SSSR count). The fourth-order valence-electron chi connectivity index (χ4n) is 1.96. The minimum absolute atomic E-state index is 0.749. The van der Waals surface area contributed by atoms with Gasteiger partial charge in [-0.25, -0.2) is 0 Å². The molecule has 1 N–H and O–H groups in total. The molecule has 0 radical (unpaired) electrons. The summed E-state index contributed by atoms with van der Waals surface area (Å²) in [5.74, 6) is 0.844. The van der Waals surface area contributed by atoms with E-state index in [2.05, 4.69) is 10.4 Å². The molecule has 3 nitrogen and oxygen atoms in total. The molecule has 1 saturated heterocycles. The van der Waals surface area contributed by atoms with Crippen LogP contribution in [0.15, 0.2) is 12.3 Å². The van der Waals surface area contributed by atoms with Crippen molar-refractivity contribution in [3.05, 3.63) is 17.4 Å². The Bertz CT molecular complexity index is 279. The smallest absolute Gasteiger partial charge is 0.127 e. The third kappa shape index (κ3) is 2.49. The first-order chi connectivity index (χ1) is 6.86. The van der Waals surface area contributed by atoms with E-state index in [0.29, 0.717) is 0 Å². The molecular formula is C10H16ClN3. The summed E-state index contributed by atoms with van der Waals surface area (Å²) in [5.41, 5.74) is 0. The quantitative estimate of drug-likeness (QED) is 0.832. The van der Waals surface area contributed by atoms with Crippen molar-refractivity contribution in [1.82, 2.24) is 15.1 Å². The van der Waals surface area contributed by atoms with E-state index in [1.165, 1.54) is 19.3 Å². The van der Waals surface area contributed by atoms with Crippen molar-refractivity contribution in [3.63, 3.8) is 0 Å². The molecule has 2 heterocycles. The first-order valence-corrected chi connectivity index (χ1v) is 5.62. The van der Waals surface area contributed by atoms with E-state index in [1.807, 2.05) is 10.7 Å². The summed E-state index contributed by atoms with van der Waals surface area (Å²) in [6.07, 6.45) is 5.53. The maximum absolute atomic E-state index is 5.95. The zero-order valence-corrected chi connectivity index (χ0v) is 9.00. The van der Waals surface area contributed by atoms with E-state index in [-0.39, 0.29) is 0 Å². The van der Waals surface area contributed by atoms with Gasteiger partial charge in [-0.05, 0) is 44.3 Å². The number of hydrogen-bond acceptors (Lipinski definition) is 2. The van der Waals surface area contributed by atoms with Crippen molar-refractivity contribution in [2.45, 2.75) is 25.8 Å². The van der Waals surface area contributed by atoms with Gasteiger partial charge < -0.3 is 5.32 Å². The molecule has 1 fully saturated rings. The Balaban J connectivity index is 1.79. The van der Waals surface area contributed by atoms with Crippen LogP contribution in [0.25, 0.3) is 0 Å². The molecule has 0 aliphatic carbocycles. The van der Waals surface area contributed by atoms with Crippen LogP contribution in [0.4, 0.5) is 0 Å². The molecule has 0 spiro atoms. The predicted molar refractivity (Wildman–Crippen MR) is 57.4 cm³/mol. The Hall–Kier alpha value is -0.540. The lowest BCUT2D eigenvalue weighted by Gasteiger charge is -2.22. The van der Waals surface area contributed by atoms with E-state index in [0.717, 1.165) is 30.7 Å². The van der Waals surface area contributed by atoms with Crippen molar-refractivity contribution in [2.75, 3.05) is 13.1 Å².